The number of pyridine rings is 1. The van der Waals surface area contributed by atoms with Gasteiger partial charge in [-0.3, -0.25) is 9.78 Å². The topological polar surface area (TPSA) is 103 Å². The zero-order valence-corrected chi connectivity index (χ0v) is 14.1. The maximum atomic E-state index is 12.3. The molecule has 2 heterocycles. The molecule has 126 valence electrons. The molecule has 0 aliphatic carbocycles. The first-order valence-electron chi connectivity index (χ1n) is 7.23. The Bertz CT molecular complexity index is 911. The molecule has 2 N–H and O–H groups in total. The van der Waals surface area contributed by atoms with Gasteiger partial charge in [0, 0.05) is 31.9 Å². The van der Waals surface area contributed by atoms with Crippen LogP contribution in [0.5, 0.6) is 5.75 Å². The average Bonchev–Trinajstić information content (AvgIpc) is 2.57. The normalized spacial score (nSPS) is 17.5. The maximum Gasteiger partial charge on any atom is 0.255 e. The number of carbonyl (C=O) groups excluding carboxylic acids is 1. The summed E-state index contributed by atoms with van der Waals surface area (Å²) in [6.45, 7) is 0.437. The summed E-state index contributed by atoms with van der Waals surface area (Å²) >= 11 is 0. The summed E-state index contributed by atoms with van der Waals surface area (Å²) in [5.41, 5.74) is 2.08. The molecule has 0 radical (unpaired) electrons. The molecule has 0 fully saturated rings. The number of fused-ring (bicyclic) bond motifs is 1. The molecule has 0 bridgehead atoms. The number of amides is 1. The molecule has 0 spiro atoms. The van der Waals surface area contributed by atoms with Gasteiger partial charge >= 0.3 is 0 Å². The van der Waals surface area contributed by atoms with Gasteiger partial charge in [0.05, 0.1) is 12.7 Å². The van der Waals surface area contributed by atoms with Crippen LogP contribution in [0.3, 0.4) is 0 Å². The Balaban J connectivity index is 2.16. The number of ether oxygens (including phenoxy) is 1. The second-order valence-corrected chi connectivity index (χ2v) is 7.19. The second-order valence-electron chi connectivity index (χ2n) is 5.66. The van der Waals surface area contributed by atoms with Gasteiger partial charge < -0.3 is 9.64 Å². The Hall–Kier alpha value is -2.45. The van der Waals surface area contributed by atoms with E-state index in [0.717, 1.165) is 11.1 Å². The smallest absolute Gasteiger partial charge is 0.255 e. The highest BCUT2D eigenvalue weighted by molar-refractivity contribution is 7.89. The lowest BCUT2D eigenvalue weighted by atomic mass is 9.85. The lowest BCUT2D eigenvalue weighted by Gasteiger charge is -2.32. The first kappa shape index (κ1) is 16.4. The largest absolute Gasteiger partial charge is 0.495 e. The van der Waals surface area contributed by atoms with Crippen LogP contribution >= 0.6 is 0 Å². The van der Waals surface area contributed by atoms with Gasteiger partial charge in [0.1, 0.15) is 10.6 Å². The van der Waals surface area contributed by atoms with Crippen molar-refractivity contribution < 1.29 is 17.9 Å². The maximum absolute atomic E-state index is 12.3. The molecule has 24 heavy (non-hydrogen) atoms. The number of rotatable bonds is 3. The monoisotopic (exact) mass is 347 g/mol. The molecule has 8 heteroatoms. The van der Waals surface area contributed by atoms with E-state index in [9.17, 15) is 13.2 Å². The van der Waals surface area contributed by atoms with Crippen LogP contribution in [-0.4, -0.2) is 44.9 Å². The third-order valence-electron chi connectivity index (χ3n) is 4.16. The SMILES string of the molecule is COc1ccc(C2CN(C)C(=O)c3cnccc32)cc1S(N)(=O)=O. The Morgan fingerprint density at radius 2 is 2.08 bits per heavy atom. The van der Waals surface area contributed by atoms with Crippen molar-refractivity contribution in [3.63, 3.8) is 0 Å². The van der Waals surface area contributed by atoms with Crippen LogP contribution < -0.4 is 9.88 Å². The predicted octanol–water partition coefficient (Wildman–Crippen LogP) is 0.955. The van der Waals surface area contributed by atoms with Gasteiger partial charge in [-0.1, -0.05) is 6.07 Å². The number of hydrogen-bond donors (Lipinski definition) is 1. The van der Waals surface area contributed by atoms with Crippen LogP contribution in [-0.2, 0) is 10.0 Å². The molecule has 7 nitrogen and oxygen atoms in total. The quantitative estimate of drug-likeness (QED) is 0.891. The van der Waals surface area contributed by atoms with Crippen molar-refractivity contribution in [1.29, 1.82) is 0 Å². The highest BCUT2D eigenvalue weighted by atomic mass is 32.2. The van der Waals surface area contributed by atoms with Crippen LogP contribution in [0.2, 0.25) is 0 Å². The third kappa shape index (κ3) is 2.74. The summed E-state index contributed by atoms with van der Waals surface area (Å²) < 4.78 is 28.8. The van der Waals surface area contributed by atoms with E-state index in [2.05, 4.69) is 4.98 Å². The van der Waals surface area contributed by atoms with E-state index in [1.807, 2.05) is 0 Å². The van der Waals surface area contributed by atoms with Gasteiger partial charge in [-0.2, -0.15) is 0 Å². The van der Waals surface area contributed by atoms with Crippen LogP contribution in [0.4, 0.5) is 0 Å². The fourth-order valence-corrected chi connectivity index (χ4v) is 3.70. The average molecular weight is 347 g/mol. The van der Waals surface area contributed by atoms with Gasteiger partial charge in [0.15, 0.2) is 0 Å². The molecule has 1 aromatic heterocycles. The Morgan fingerprint density at radius 3 is 2.75 bits per heavy atom. The van der Waals surface area contributed by atoms with Crippen LogP contribution in [0, 0.1) is 0 Å². The summed E-state index contributed by atoms with van der Waals surface area (Å²) in [4.78, 5) is 17.8. The molecule has 1 aliphatic heterocycles. The summed E-state index contributed by atoms with van der Waals surface area (Å²) in [6.07, 6.45) is 3.15. The number of primary sulfonamides is 1. The fourth-order valence-electron chi connectivity index (χ4n) is 2.97. The zero-order valence-electron chi connectivity index (χ0n) is 13.3. The van der Waals surface area contributed by atoms with E-state index >= 15 is 0 Å². The van der Waals surface area contributed by atoms with E-state index < -0.39 is 10.0 Å². The number of hydrogen-bond acceptors (Lipinski definition) is 5. The summed E-state index contributed by atoms with van der Waals surface area (Å²) in [7, 11) is -0.836. The summed E-state index contributed by atoms with van der Waals surface area (Å²) in [5.74, 6) is -0.0805. The summed E-state index contributed by atoms with van der Waals surface area (Å²) in [5, 5.41) is 5.29. The van der Waals surface area contributed by atoms with Crippen molar-refractivity contribution in [3.8, 4) is 5.75 Å². The molecule has 0 saturated heterocycles. The van der Waals surface area contributed by atoms with Crippen molar-refractivity contribution in [2.45, 2.75) is 10.8 Å². The van der Waals surface area contributed by atoms with E-state index in [1.165, 1.54) is 19.4 Å². The van der Waals surface area contributed by atoms with Gasteiger partial charge in [0.2, 0.25) is 10.0 Å². The molecule has 1 unspecified atom stereocenters. The van der Waals surface area contributed by atoms with Crippen LogP contribution in [0.15, 0.2) is 41.6 Å². The number of sulfonamides is 1. The van der Waals surface area contributed by atoms with Crippen molar-refractivity contribution in [2.24, 2.45) is 5.14 Å². The minimum absolute atomic E-state index is 0.0716. The molecule has 2 aromatic rings. The van der Waals surface area contributed by atoms with Crippen molar-refractivity contribution in [2.75, 3.05) is 20.7 Å². The van der Waals surface area contributed by atoms with Gasteiger partial charge in [-0.05, 0) is 29.3 Å². The van der Waals surface area contributed by atoms with E-state index in [-0.39, 0.29) is 22.5 Å². The minimum atomic E-state index is -3.93. The van der Waals surface area contributed by atoms with E-state index in [4.69, 9.17) is 9.88 Å². The molecule has 3 rings (SSSR count). The van der Waals surface area contributed by atoms with Crippen molar-refractivity contribution >= 4 is 15.9 Å². The first-order chi connectivity index (χ1) is 11.3. The predicted molar refractivity (Wildman–Crippen MR) is 87.4 cm³/mol. The van der Waals surface area contributed by atoms with Crippen molar-refractivity contribution in [1.82, 2.24) is 9.88 Å². The van der Waals surface area contributed by atoms with E-state index in [1.54, 1.807) is 36.3 Å². The number of nitrogens with two attached hydrogens (primary N) is 1. The minimum Gasteiger partial charge on any atom is -0.495 e. The number of methoxy groups -OCH3 is 1. The van der Waals surface area contributed by atoms with Crippen molar-refractivity contribution in [3.05, 3.63) is 53.3 Å². The number of aromatic nitrogens is 1. The molecule has 1 aromatic carbocycles. The van der Waals surface area contributed by atoms with Crippen LogP contribution in [0.1, 0.15) is 27.4 Å². The second kappa shape index (κ2) is 5.88. The highest BCUT2D eigenvalue weighted by Gasteiger charge is 2.31. The molecule has 1 aliphatic rings. The molecular weight excluding hydrogens is 330 g/mol. The number of benzene rings is 1. The molecule has 1 amide bonds. The Kier molecular flexibility index (Phi) is 4.02. The first-order valence-corrected chi connectivity index (χ1v) is 8.77. The Labute approximate surface area is 140 Å². The van der Waals surface area contributed by atoms with Crippen LogP contribution in [0.25, 0.3) is 0 Å². The lowest BCUT2D eigenvalue weighted by molar-refractivity contribution is 0.0771. The number of carbonyl (C=O) groups is 1. The summed E-state index contributed by atoms with van der Waals surface area (Å²) in [6, 6.07) is 6.65. The number of nitrogens with zero attached hydrogens (tertiary/aromatic N) is 2. The van der Waals surface area contributed by atoms with Gasteiger partial charge in [-0.15, -0.1) is 0 Å². The highest BCUT2D eigenvalue weighted by Crippen LogP contribution is 2.35. The third-order valence-corrected chi connectivity index (χ3v) is 5.09. The molecule has 0 saturated carbocycles. The Morgan fingerprint density at radius 1 is 1.33 bits per heavy atom. The van der Waals surface area contributed by atoms with E-state index in [0.29, 0.717) is 12.1 Å². The standard InChI is InChI=1S/C16H17N3O4S/c1-19-9-13(11-5-6-18-8-12(11)16(19)20)10-3-4-14(23-2)15(7-10)24(17,21)22/h3-8,13H,9H2,1-2H3,(H2,17,21,22). The molecular formula is C16H17N3O4S. The van der Waals surface area contributed by atoms with Gasteiger partial charge in [0.25, 0.3) is 5.91 Å². The zero-order chi connectivity index (χ0) is 17.5. The fraction of sp³-hybridized carbons (Fsp3) is 0.250. The number of likely N-dealkylation sites (N-methyl/N-ethyl adjacent to an activating group) is 1. The molecule has 1 atom stereocenters. The lowest BCUT2D eigenvalue weighted by Crippen LogP contribution is -2.37. The van der Waals surface area contributed by atoms with Gasteiger partial charge in [-0.25, -0.2) is 13.6 Å².